The summed E-state index contributed by atoms with van der Waals surface area (Å²) in [5, 5.41) is 0.732. The summed E-state index contributed by atoms with van der Waals surface area (Å²) in [6, 6.07) is 0.773. The van der Waals surface area contributed by atoms with Crippen molar-refractivity contribution in [3.63, 3.8) is 0 Å². The molecule has 1 aromatic heterocycles. The molecule has 1 aromatic rings. The number of carbonyl (C=O) groups is 1. The van der Waals surface area contributed by atoms with Gasteiger partial charge in [-0.3, -0.25) is 14.6 Å². The molecule has 5 nitrogen and oxygen atoms in total. The highest BCUT2D eigenvalue weighted by molar-refractivity contribution is 7.12. The highest BCUT2D eigenvalue weighted by atomic mass is 32.1. The summed E-state index contributed by atoms with van der Waals surface area (Å²) in [5.74, 6) is 0.0233. The monoisotopic (exact) mass is 464 g/mol. The van der Waals surface area contributed by atoms with Crippen LogP contribution in [0.3, 0.4) is 0 Å². The van der Waals surface area contributed by atoms with E-state index >= 15 is 0 Å². The predicted molar refractivity (Wildman–Crippen MR) is 127 cm³/mol. The first-order valence-corrected chi connectivity index (χ1v) is 11.9. The predicted octanol–water partition coefficient (Wildman–Crippen LogP) is 4.27. The fraction of sp³-hybridized carbons (Fsp3) is 0.583. The van der Waals surface area contributed by atoms with Crippen LogP contribution in [-0.2, 0) is 17.8 Å². The van der Waals surface area contributed by atoms with Crippen LogP contribution in [0.1, 0.15) is 48.7 Å². The van der Waals surface area contributed by atoms with Gasteiger partial charge in [0.1, 0.15) is 5.01 Å². The average Bonchev–Trinajstić information content (AvgIpc) is 3.15. The Balaban J connectivity index is 0.000000547. The van der Waals surface area contributed by atoms with Crippen LogP contribution in [0.2, 0.25) is 0 Å². The number of rotatable bonds is 4. The van der Waals surface area contributed by atoms with E-state index in [1.54, 1.807) is 18.3 Å². The van der Waals surface area contributed by atoms with E-state index in [-0.39, 0.29) is 11.7 Å². The minimum Gasteiger partial charge on any atom is -0.339 e. The van der Waals surface area contributed by atoms with Gasteiger partial charge in [0.15, 0.2) is 0 Å². The van der Waals surface area contributed by atoms with Crippen LogP contribution < -0.4 is 0 Å². The fourth-order valence-electron chi connectivity index (χ4n) is 4.01. The number of hydrogen-bond acceptors (Lipinski definition) is 5. The van der Waals surface area contributed by atoms with E-state index < -0.39 is 0 Å². The van der Waals surface area contributed by atoms with Gasteiger partial charge in [0.2, 0.25) is 5.91 Å². The molecule has 8 heteroatoms. The molecule has 2 aliphatic heterocycles. The molecular weight excluding hydrogens is 430 g/mol. The smallest absolute Gasteiger partial charge is 0.236 e. The molecule has 0 N–H and O–H groups in total. The van der Waals surface area contributed by atoms with Gasteiger partial charge in [0.25, 0.3) is 0 Å². The second-order valence-electron chi connectivity index (χ2n) is 8.07. The molecule has 1 saturated heterocycles. The Bertz CT molecular complexity index is 800. The van der Waals surface area contributed by atoms with Crippen molar-refractivity contribution in [2.75, 3.05) is 39.3 Å². The van der Waals surface area contributed by atoms with Gasteiger partial charge >= 0.3 is 0 Å². The van der Waals surface area contributed by atoms with E-state index in [0.29, 0.717) is 12.9 Å². The molecule has 0 aromatic carbocycles. The number of carbonyl (C=O) groups excluding carboxylic acids is 1. The molecule has 176 valence electrons. The normalized spacial score (nSPS) is 19.9. The zero-order valence-electron chi connectivity index (χ0n) is 19.1. The van der Waals surface area contributed by atoms with Gasteiger partial charge in [0, 0.05) is 62.7 Å². The third kappa shape index (κ3) is 7.51. The second-order valence-corrected chi connectivity index (χ2v) is 9.19. The summed E-state index contributed by atoms with van der Waals surface area (Å²) in [7, 11) is 0. The van der Waals surface area contributed by atoms with Crippen LogP contribution in [0.15, 0.2) is 18.2 Å². The third-order valence-corrected chi connectivity index (χ3v) is 6.92. The van der Waals surface area contributed by atoms with Crippen molar-refractivity contribution in [2.45, 2.75) is 52.1 Å². The van der Waals surface area contributed by atoms with E-state index in [1.807, 2.05) is 4.90 Å². The van der Waals surface area contributed by atoms with Gasteiger partial charge < -0.3 is 4.90 Å². The van der Waals surface area contributed by atoms with Crippen LogP contribution >= 0.6 is 11.3 Å². The molecule has 1 aliphatic carbocycles. The molecule has 0 unspecified atom stereocenters. The van der Waals surface area contributed by atoms with Crippen LogP contribution in [-0.4, -0.2) is 70.9 Å². The lowest BCUT2D eigenvalue weighted by Crippen LogP contribution is -2.55. The SMILES string of the molecule is C#C.C/C(F)=C/c1nc2c(s1)CN(CC(=O)N1CCN(C3CCC3)CC1)CC2.C/C=C/F. The van der Waals surface area contributed by atoms with E-state index in [4.69, 9.17) is 0 Å². The molecule has 2 fully saturated rings. The van der Waals surface area contributed by atoms with Gasteiger partial charge in [-0.15, -0.1) is 24.2 Å². The quantitative estimate of drug-likeness (QED) is 0.624. The molecule has 1 saturated carbocycles. The number of hydrogen-bond donors (Lipinski definition) is 0. The molecule has 0 bridgehead atoms. The fourth-order valence-corrected chi connectivity index (χ4v) is 5.16. The number of thiazole rings is 1. The number of nitrogens with zero attached hydrogens (tertiary/aromatic N) is 4. The Morgan fingerprint density at radius 2 is 1.88 bits per heavy atom. The van der Waals surface area contributed by atoms with E-state index in [9.17, 15) is 13.6 Å². The van der Waals surface area contributed by atoms with Gasteiger partial charge in [-0.1, -0.05) is 12.5 Å². The molecule has 3 aliphatic rings. The molecular formula is C24H34F2N4OS. The summed E-state index contributed by atoms with van der Waals surface area (Å²) < 4.78 is 23.6. The Morgan fingerprint density at radius 1 is 1.22 bits per heavy atom. The lowest BCUT2D eigenvalue weighted by Gasteiger charge is -2.43. The minimum atomic E-state index is -0.218. The van der Waals surface area contributed by atoms with Crippen LogP contribution in [0, 0.1) is 12.8 Å². The number of aromatic nitrogens is 1. The number of piperazine rings is 1. The third-order valence-electron chi connectivity index (χ3n) is 5.89. The van der Waals surface area contributed by atoms with Crippen LogP contribution in [0.25, 0.3) is 6.08 Å². The molecule has 32 heavy (non-hydrogen) atoms. The van der Waals surface area contributed by atoms with E-state index in [2.05, 4.69) is 27.6 Å². The van der Waals surface area contributed by atoms with Gasteiger partial charge in [-0.25, -0.2) is 13.8 Å². The molecule has 0 radical (unpaired) electrons. The number of allylic oxidation sites excluding steroid dienone is 2. The molecule has 0 spiro atoms. The molecule has 0 atom stereocenters. The number of terminal acetylenes is 1. The van der Waals surface area contributed by atoms with Crippen molar-refractivity contribution in [2.24, 2.45) is 0 Å². The summed E-state index contributed by atoms with van der Waals surface area (Å²) in [6.07, 6.45) is 16.2. The topological polar surface area (TPSA) is 39.7 Å². The van der Waals surface area contributed by atoms with Gasteiger partial charge in [-0.05, 0) is 26.7 Å². The number of halogens is 2. The molecule has 1 amide bonds. The zero-order chi connectivity index (χ0) is 23.5. The lowest BCUT2D eigenvalue weighted by molar-refractivity contribution is -0.135. The molecule has 3 heterocycles. The molecule has 4 rings (SSSR count). The summed E-state index contributed by atoms with van der Waals surface area (Å²) >= 11 is 1.54. The van der Waals surface area contributed by atoms with Crippen LogP contribution in [0.5, 0.6) is 0 Å². The maximum absolute atomic E-state index is 13.1. The first kappa shape index (κ1) is 26.2. The van der Waals surface area contributed by atoms with Crippen molar-refractivity contribution in [3.8, 4) is 12.8 Å². The second kappa shape index (κ2) is 13.5. The maximum atomic E-state index is 13.1. The van der Waals surface area contributed by atoms with Crippen molar-refractivity contribution in [1.82, 2.24) is 19.7 Å². The largest absolute Gasteiger partial charge is 0.339 e. The van der Waals surface area contributed by atoms with Crippen molar-refractivity contribution < 1.29 is 13.6 Å². The van der Waals surface area contributed by atoms with Crippen molar-refractivity contribution >= 4 is 23.3 Å². The lowest BCUT2D eigenvalue weighted by atomic mass is 9.91. The Hall–Kier alpha value is -2.08. The number of amides is 1. The summed E-state index contributed by atoms with van der Waals surface area (Å²) in [6.45, 7) is 8.91. The first-order valence-electron chi connectivity index (χ1n) is 11.1. The summed E-state index contributed by atoms with van der Waals surface area (Å²) in [4.78, 5) is 25.1. The van der Waals surface area contributed by atoms with Gasteiger partial charge in [-0.2, -0.15) is 0 Å². The van der Waals surface area contributed by atoms with Crippen molar-refractivity contribution in [3.05, 3.63) is 33.8 Å². The zero-order valence-corrected chi connectivity index (χ0v) is 19.9. The summed E-state index contributed by atoms with van der Waals surface area (Å²) in [5.41, 5.74) is 1.07. The first-order chi connectivity index (χ1) is 15.5. The average molecular weight is 465 g/mol. The van der Waals surface area contributed by atoms with Crippen molar-refractivity contribution in [1.29, 1.82) is 0 Å². The Kier molecular flexibility index (Phi) is 11.0. The van der Waals surface area contributed by atoms with Crippen LogP contribution in [0.4, 0.5) is 8.78 Å². The Labute approximate surface area is 194 Å². The maximum Gasteiger partial charge on any atom is 0.236 e. The number of fused-ring (bicyclic) bond motifs is 1. The standard InChI is InChI=1S/C19H27FN4OS.C3H5F.C2H2/c1-14(20)11-18-21-16-5-6-22(12-17(16)26-18)13-19(25)24-9-7-23(8-10-24)15-3-2-4-15;1-2-3-4;1-2/h11,15H,2-10,12-13H2,1H3;2-3H,1H3;1-2H/b14-11-;3-2+;. The highest BCUT2D eigenvalue weighted by Crippen LogP contribution is 2.27. The van der Waals surface area contributed by atoms with Gasteiger partial charge in [0.05, 0.1) is 24.4 Å². The highest BCUT2D eigenvalue weighted by Gasteiger charge is 2.30. The Morgan fingerprint density at radius 3 is 2.41 bits per heavy atom. The minimum absolute atomic E-state index is 0.218. The van der Waals surface area contributed by atoms with E-state index in [1.165, 1.54) is 43.2 Å². The van der Waals surface area contributed by atoms with E-state index in [0.717, 1.165) is 62.4 Å².